The normalized spacial score (nSPS) is 13.9. The van der Waals surface area contributed by atoms with Gasteiger partial charge in [0, 0.05) is 25.1 Å². The summed E-state index contributed by atoms with van der Waals surface area (Å²) in [5.74, 6) is 0.638. The van der Waals surface area contributed by atoms with E-state index >= 15 is 0 Å². The molecule has 1 atom stereocenters. The van der Waals surface area contributed by atoms with Crippen molar-refractivity contribution in [3.05, 3.63) is 17.0 Å². The molecule has 1 aromatic rings. The Hall–Kier alpha value is -1.36. The fraction of sp³-hybridized carbons (Fsp3) is 0.765. The first kappa shape index (κ1) is 18.7. The summed E-state index contributed by atoms with van der Waals surface area (Å²) in [5, 5.41) is 10.4. The second kappa shape index (κ2) is 8.93. The molecule has 0 saturated carbocycles. The molecule has 5 nitrogen and oxygen atoms in total. The Kier molecular flexibility index (Phi) is 7.59. The Labute approximate surface area is 134 Å². The molecule has 1 unspecified atom stereocenters. The van der Waals surface area contributed by atoms with Crippen molar-refractivity contribution in [2.24, 2.45) is 5.41 Å². The van der Waals surface area contributed by atoms with Crippen LogP contribution in [0.5, 0.6) is 0 Å². The lowest BCUT2D eigenvalue weighted by molar-refractivity contribution is 0.0922. The summed E-state index contributed by atoms with van der Waals surface area (Å²) in [6.07, 6.45) is 4.13. The molecular weight excluding hydrogens is 278 g/mol. The predicted molar refractivity (Wildman–Crippen MR) is 89.1 cm³/mol. The highest BCUT2D eigenvalue weighted by atomic mass is 16.5. The first-order valence-electron chi connectivity index (χ1n) is 8.41. The average molecular weight is 309 g/mol. The van der Waals surface area contributed by atoms with E-state index in [0.717, 1.165) is 37.3 Å². The molecule has 126 valence electrons. The van der Waals surface area contributed by atoms with E-state index in [-0.39, 0.29) is 11.3 Å². The summed E-state index contributed by atoms with van der Waals surface area (Å²) in [4.78, 5) is 12.3. The molecule has 1 amide bonds. The monoisotopic (exact) mass is 309 g/mol. The van der Waals surface area contributed by atoms with Crippen LogP contribution in [0, 0.1) is 12.3 Å². The van der Waals surface area contributed by atoms with Crippen molar-refractivity contribution in [2.45, 2.75) is 60.3 Å². The lowest BCUT2D eigenvalue weighted by atomic mass is 9.87. The highest BCUT2D eigenvalue weighted by molar-refractivity contribution is 5.93. The Balaban J connectivity index is 2.54. The van der Waals surface area contributed by atoms with E-state index in [0.29, 0.717) is 12.2 Å². The molecule has 1 heterocycles. The summed E-state index contributed by atoms with van der Waals surface area (Å²) in [5.41, 5.74) is 1.31. The zero-order chi connectivity index (χ0) is 16.6. The Morgan fingerprint density at radius 1 is 1.27 bits per heavy atom. The van der Waals surface area contributed by atoms with Crippen LogP contribution >= 0.6 is 0 Å². The molecule has 5 heteroatoms. The third-order valence-electron chi connectivity index (χ3n) is 4.34. The van der Waals surface area contributed by atoms with Crippen molar-refractivity contribution >= 4 is 5.91 Å². The van der Waals surface area contributed by atoms with Crippen LogP contribution < -0.4 is 10.6 Å². The van der Waals surface area contributed by atoms with Crippen LogP contribution in [0.4, 0.5) is 0 Å². The van der Waals surface area contributed by atoms with E-state index in [4.69, 9.17) is 4.52 Å². The van der Waals surface area contributed by atoms with Crippen LogP contribution in [0.3, 0.4) is 0 Å². The van der Waals surface area contributed by atoms with Crippen molar-refractivity contribution in [3.63, 3.8) is 0 Å². The maximum Gasteiger partial charge on any atom is 0.273 e. The summed E-state index contributed by atoms with van der Waals surface area (Å²) < 4.78 is 5.19. The lowest BCUT2D eigenvalue weighted by Crippen LogP contribution is -2.42. The molecule has 1 aromatic heterocycles. The number of amides is 1. The van der Waals surface area contributed by atoms with Crippen molar-refractivity contribution in [2.75, 3.05) is 19.6 Å². The summed E-state index contributed by atoms with van der Waals surface area (Å²) in [6, 6.07) is 0. The molecule has 0 fully saturated rings. The van der Waals surface area contributed by atoms with Gasteiger partial charge >= 0.3 is 0 Å². The summed E-state index contributed by atoms with van der Waals surface area (Å²) in [6.45, 7) is 13.0. The Morgan fingerprint density at radius 2 is 2.00 bits per heavy atom. The Bertz CT molecular complexity index is 470. The van der Waals surface area contributed by atoms with E-state index in [2.05, 4.69) is 36.6 Å². The predicted octanol–water partition coefficient (Wildman–Crippen LogP) is 3.08. The number of rotatable bonds is 10. The maximum atomic E-state index is 12.3. The number of carbonyl (C=O) groups is 1. The molecular formula is C17H31N3O2. The zero-order valence-electron chi connectivity index (χ0n) is 14.7. The number of aromatic nitrogens is 1. The van der Waals surface area contributed by atoms with E-state index in [1.807, 2.05) is 13.8 Å². The van der Waals surface area contributed by atoms with E-state index < -0.39 is 0 Å². The quantitative estimate of drug-likeness (QED) is 0.652. The lowest BCUT2D eigenvalue weighted by Gasteiger charge is -2.28. The van der Waals surface area contributed by atoms with E-state index in [1.165, 1.54) is 12.8 Å². The van der Waals surface area contributed by atoms with Crippen LogP contribution in [0.25, 0.3) is 0 Å². The molecule has 0 aliphatic carbocycles. The van der Waals surface area contributed by atoms with Crippen LogP contribution in [-0.4, -0.2) is 30.7 Å². The number of hydrogen-bond acceptors (Lipinski definition) is 4. The van der Waals surface area contributed by atoms with Gasteiger partial charge in [-0.25, -0.2) is 0 Å². The number of nitrogens with one attached hydrogen (secondary N) is 2. The molecule has 1 rings (SSSR count). The van der Waals surface area contributed by atoms with Gasteiger partial charge in [-0.1, -0.05) is 39.3 Å². The zero-order valence-corrected chi connectivity index (χ0v) is 14.7. The molecule has 0 bridgehead atoms. The highest BCUT2D eigenvalue weighted by Crippen LogP contribution is 2.19. The van der Waals surface area contributed by atoms with Crippen molar-refractivity contribution in [1.29, 1.82) is 0 Å². The molecule has 0 aliphatic rings. The minimum absolute atomic E-state index is 0.0502. The van der Waals surface area contributed by atoms with Crippen molar-refractivity contribution in [1.82, 2.24) is 15.8 Å². The standard InChI is InChI=1S/C17H31N3O2/c1-6-9-10-18-11-17(5,8-3)12-19-16(21)15-13(4)14(7-2)22-20-15/h18H,6-12H2,1-5H3,(H,19,21). The van der Waals surface area contributed by atoms with Gasteiger partial charge in [0.05, 0.1) is 0 Å². The second-order valence-corrected chi connectivity index (χ2v) is 6.31. The summed E-state index contributed by atoms with van der Waals surface area (Å²) >= 11 is 0. The SMILES string of the molecule is CCCCNCC(C)(CC)CNC(=O)c1noc(CC)c1C. The van der Waals surface area contributed by atoms with Gasteiger partial charge in [-0.15, -0.1) is 0 Å². The molecule has 22 heavy (non-hydrogen) atoms. The topological polar surface area (TPSA) is 67.2 Å². The first-order chi connectivity index (χ1) is 10.5. The van der Waals surface area contributed by atoms with Gasteiger partial charge in [0.15, 0.2) is 5.69 Å². The fourth-order valence-electron chi connectivity index (χ4n) is 2.29. The van der Waals surface area contributed by atoms with Crippen LogP contribution in [0.15, 0.2) is 4.52 Å². The smallest absolute Gasteiger partial charge is 0.273 e. The molecule has 0 aromatic carbocycles. The largest absolute Gasteiger partial charge is 0.360 e. The van der Waals surface area contributed by atoms with Gasteiger partial charge in [0.2, 0.25) is 0 Å². The minimum Gasteiger partial charge on any atom is -0.360 e. The molecule has 2 N–H and O–H groups in total. The third-order valence-corrected chi connectivity index (χ3v) is 4.34. The summed E-state index contributed by atoms with van der Waals surface area (Å²) in [7, 11) is 0. The minimum atomic E-state index is -0.144. The number of carbonyl (C=O) groups excluding carboxylic acids is 1. The Morgan fingerprint density at radius 3 is 2.55 bits per heavy atom. The van der Waals surface area contributed by atoms with Gasteiger partial charge in [-0.05, 0) is 31.7 Å². The van der Waals surface area contributed by atoms with E-state index in [1.54, 1.807) is 0 Å². The van der Waals surface area contributed by atoms with Crippen molar-refractivity contribution in [3.8, 4) is 0 Å². The van der Waals surface area contributed by atoms with Gasteiger partial charge in [-0.3, -0.25) is 4.79 Å². The molecule has 0 saturated heterocycles. The first-order valence-corrected chi connectivity index (χ1v) is 8.41. The molecule has 0 aliphatic heterocycles. The number of nitrogens with zero attached hydrogens (tertiary/aromatic N) is 1. The fourth-order valence-corrected chi connectivity index (χ4v) is 2.29. The van der Waals surface area contributed by atoms with Gasteiger partial charge in [-0.2, -0.15) is 0 Å². The molecule has 0 radical (unpaired) electrons. The maximum absolute atomic E-state index is 12.3. The highest BCUT2D eigenvalue weighted by Gasteiger charge is 2.24. The molecule has 0 spiro atoms. The second-order valence-electron chi connectivity index (χ2n) is 6.31. The van der Waals surface area contributed by atoms with Crippen LogP contribution in [0.2, 0.25) is 0 Å². The van der Waals surface area contributed by atoms with Gasteiger partial charge in [0.25, 0.3) is 5.91 Å². The van der Waals surface area contributed by atoms with Gasteiger partial charge < -0.3 is 15.2 Å². The van der Waals surface area contributed by atoms with Crippen LogP contribution in [-0.2, 0) is 6.42 Å². The third kappa shape index (κ3) is 5.13. The number of hydrogen-bond donors (Lipinski definition) is 2. The van der Waals surface area contributed by atoms with Crippen LogP contribution in [0.1, 0.15) is 68.8 Å². The number of aryl methyl sites for hydroxylation is 1. The number of unbranched alkanes of at least 4 members (excludes halogenated alkanes) is 1. The average Bonchev–Trinajstić information content (AvgIpc) is 2.90. The van der Waals surface area contributed by atoms with Crippen molar-refractivity contribution < 1.29 is 9.32 Å². The van der Waals surface area contributed by atoms with Gasteiger partial charge in [0.1, 0.15) is 5.76 Å². The van der Waals surface area contributed by atoms with E-state index in [9.17, 15) is 4.79 Å².